The van der Waals surface area contributed by atoms with Gasteiger partial charge in [0.05, 0.1) is 6.61 Å². The van der Waals surface area contributed by atoms with Crippen molar-refractivity contribution in [3.63, 3.8) is 0 Å². The fraction of sp³-hybridized carbons (Fsp3) is 0.455. The minimum absolute atomic E-state index is 0.0400. The van der Waals surface area contributed by atoms with E-state index >= 15 is 0 Å². The summed E-state index contributed by atoms with van der Waals surface area (Å²) in [5.41, 5.74) is 5.47. The number of alkyl halides is 2. The molecule has 0 unspecified atom stereocenters. The highest BCUT2D eigenvalue weighted by molar-refractivity contribution is 5.89. The number of ether oxygens (including phenoxy) is 1. The predicted molar refractivity (Wildman–Crippen MR) is 71.4 cm³/mol. The van der Waals surface area contributed by atoms with Crippen molar-refractivity contribution in [2.45, 2.75) is 24.2 Å². The van der Waals surface area contributed by atoms with Gasteiger partial charge >= 0.3 is 5.92 Å². The molecule has 2 aromatic rings. The number of aromatic nitrogens is 4. The number of H-pyrrole nitrogens is 1. The summed E-state index contributed by atoms with van der Waals surface area (Å²) >= 11 is 0. The summed E-state index contributed by atoms with van der Waals surface area (Å²) in [6, 6.07) is 0. The molecule has 3 heterocycles. The smallest absolute Gasteiger partial charge is 0.308 e. The molecule has 1 aliphatic heterocycles. The number of hydrogen-bond acceptors (Lipinski definition) is 8. The van der Waals surface area contributed by atoms with Gasteiger partial charge in [-0.1, -0.05) is 0 Å². The number of amides is 1. The number of halogens is 2. The molecule has 3 rings (SSSR count). The van der Waals surface area contributed by atoms with Crippen molar-refractivity contribution in [3.05, 3.63) is 5.82 Å². The summed E-state index contributed by atoms with van der Waals surface area (Å²) in [6.07, 6.45) is -5.23. The van der Waals surface area contributed by atoms with E-state index in [1.54, 1.807) is 0 Å². The number of nitrogens with two attached hydrogens (primary N) is 1. The summed E-state index contributed by atoms with van der Waals surface area (Å²) in [5.74, 6) is -4.28. The number of aromatic amines is 1. The first-order valence-electron chi connectivity index (χ1n) is 6.44. The molecule has 0 spiro atoms. The van der Waals surface area contributed by atoms with Crippen LogP contribution in [0.3, 0.4) is 0 Å². The number of nitrogens with zero attached hydrogens (tertiary/aromatic N) is 3. The van der Waals surface area contributed by atoms with E-state index in [9.17, 15) is 18.7 Å². The molecule has 1 amide bonds. The SMILES string of the molecule is Nc1nc(NC=O)c2[nH]c([C@@H]3O[C@H](CO)[C@@H](O)C3(F)F)nc2n1. The number of fused-ring (bicyclic) bond motifs is 1. The highest BCUT2D eigenvalue weighted by atomic mass is 19.3. The van der Waals surface area contributed by atoms with Crippen molar-refractivity contribution in [3.8, 4) is 0 Å². The largest absolute Gasteiger partial charge is 0.394 e. The van der Waals surface area contributed by atoms with Crippen LogP contribution in [0.2, 0.25) is 0 Å². The Morgan fingerprint density at radius 3 is 2.78 bits per heavy atom. The van der Waals surface area contributed by atoms with Crippen LogP contribution in [0.15, 0.2) is 0 Å². The third kappa shape index (κ3) is 2.36. The molecule has 0 bridgehead atoms. The van der Waals surface area contributed by atoms with Gasteiger partial charge in [0, 0.05) is 0 Å². The molecule has 2 aromatic heterocycles. The van der Waals surface area contributed by atoms with Crippen LogP contribution in [0, 0.1) is 0 Å². The second-order valence-corrected chi connectivity index (χ2v) is 4.87. The van der Waals surface area contributed by atoms with Crippen molar-refractivity contribution in [2.75, 3.05) is 17.7 Å². The van der Waals surface area contributed by atoms with Crippen LogP contribution in [0.25, 0.3) is 11.2 Å². The first-order chi connectivity index (χ1) is 10.9. The fourth-order valence-electron chi connectivity index (χ4n) is 2.35. The summed E-state index contributed by atoms with van der Waals surface area (Å²) in [5, 5.41) is 20.8. The number of aliphatic hydroxyl groups is 2. The lowest BCUT2D eigenvalue weighted by Gasteiger charge is -2.17. The molecule has 10 nitrogen and oxygen atoms in total. The first kappa shape index (κ1) is 15.5. The van der Waals surface area contributed by atoms with E-state index in [1.165, 1.54) is 0 Å². The van der Waals surface area contributed by atoms with Gasteiger partial charge in [0.2, 0.25) is 12.4 Å². The topological polar surface area (TPSA) is 159 Å². The molecule has 12 heteroatoms. The molecule has 23 heavy (non-hydrogen) atoms. The lowest BCUT2D eigenvalue weighted by Crippen LogP contribution is -2.38. The lowest BCUT2D eigenvalue weighted by atomic mass is 10.1. The molecule has 6 N–H and O–H groups in total. The van der Waals surface area contributed by atoms with Gasteiger partial charge in [-0.3, -0.25) is 4.79 Å². The standard InChI is InChI=1S/C11H12F2N6O4/c12-11(13)5(22)3(1-20)23-6(11)9-16-4-7(15-2-21)18-10(14)19-8(4)17-9/h2-3,5-6,20,22H,1H2,(H4,14,15,16,17,18,19,21)/t3-,5-,6+/m1/s1. The van der Waals surface area contributed by atoms with Gasteiger partial charge in [-0.2, -0.15) is 9.97 Å². The van der Waals surface area contributed by atoms with Crippen LogP contribution >= 0.6 is 0 Å². The van der Waals surface area contributed by atoms with Gasteiger partial charge in [-0.15, -0.1) is 0 Å². The lowest BCUT2D eigenvalue weighted by molar-refractivity contribution is -0.115. The van der Waals surface area contributed by atoms with Crippen LogP contribution < -0.4 is 11.1 Å². The van der Waals surface area contributed by atoms with Crippen LogP contribution in [0.1, 0.15) is 11.9 Å². The van der Waals surface area contributed by atoms with E-state index in [1.807, 2.05) is 0 Å². The number of nitrogen functional groups attached to an aromatic ring is 1. The molecule has 1 saturated heterocycles. The molecule has 124 valence electrons. The van der Waals surface area contributed by atoms with Gasteiger partial charge in [0.1, 0.15) is 23.5 Å². The molecule has 1 aliphatic rings. The number of nitrogens with one attached hydrogen (secondary N) is 2. The molecule has 0 aromatic carbocycles. The second-order valence-electron chi connectivity index (χ2n) is 4.87. The summed E-state index contributed by atoms with van der Waals surface area (Å²) < 4.78 is 33.2. The zero-order valence-corrected chi connectivity index (χ0v) is 11.4. The summed E-state index contributed by atoms with van der Waals surface area (Å²) in [7, 11) is 0. The number of anilines is 2. The first-order valence-corrected chi connectivity index (χ1v) is 6.44. The van der Waals surface area contributed by atoms with Crippen molar-refractivity contribution in [1.29, 1.82) is 0 Å². The van der Waals surface area contributed by atoms with E-state index in [4.69, 9.17) is 15.6 Å². The van der Waals surface area contributed by atoms with Crippen LogP contribution in [0.5, 0.6) is 0 Å². The molecule has 0 aliphatic carbocycles. The Kier molecular flexibility index (Phi) is 3.58. The number of hydrogen-bond donors (Lipinski definition) is 5. The number of carbonyl (C=O) groups is 1. The maximum absolute atomic E-state index is 14.1. The van der Waals surface area contributed by atoms with E-state index in [-0.39, 0.29) is 28.8 Å². The van der Waals surface area contributed by atoms with E-state index < -0.39 is 30.8 Å². The third-order valence-corrected chi connectivity index (χ3v) is 3.42. The van der Waals surface area contributed by atoms with Gasteiger partial charge in [0.25, 0.3) is 0 Å². The average Bonchev–Trinajstić information content (AvgIpc) is 2.99. The number of aliphatic hydroxyl groups excluding tert-OH is 2. The van der Waals surface area contributed by atoms with Crippen LogP contribution in [-0.4, -0.2) is 61.3 Å². The van der Waals surface area contributed by atoms with Crippen molar-refractivity contribution < 1.29 is 28.5 Å². The molecule has 1 fully saturated rings. The Balaban J connectivity index is 2.07. The second kappa shape index (κ2) is 5.33. The van der Waals surface area contributed by atoms with Gasteiger partial charge in [-0.05, 0) is 0 Å². The highest BCUT2D eigenvalue weighted by Gasteiger charge is 2.59. The molecule has 0 radical (unpaired) electrons. The number of rotatable bonds is 4. The Hall–Kier alpha value is -2.44. The fourth-order valence-corrected chi connectivity index (χ4v) is 2.35. The molecular weight excluding hydrogens is 318 g/mol. The van der Waals surface area contributed by atoms with E-state index in [0.717, 1.165) is 0 Å². The minimum atomic E-state index is -3.68. The number of carbonyl (C=O) groups excluding carboxylic acids is 1. The van der Waals surface area contributed by atoms with Crippen molar-refractivity contribution >= 4 is 29.3 Å². The Bertz CT molecular complexity index is 753. The van der Waals surface area contributed by atoms with Crippen LogP contribution in [-0.2, 0) is 9.53 Å². The van der Waals surface area contributed by atoms with Crippen molar-refractivity contribution in [1.82, 2.24) is 19.9 Å². The van der Waals surface area contributed by atoms with Gasteiger partial charge in [0.15, 0.2) is 17.6 Å². The maximum atomic E-state index is 14.1. The van der Waals surface area contributed by atoms with Gasteiger partial charge in [-0.25, -0.2) is 13.8 Å². The Morgan fingerprint density at radius 1 is 1.43 bits per heavy atom. The van der Waals surface area contributed by atoms with Gasteiger partial charge < -0.3 is 31.0 Å². The summed E-state index contributed by atoms with van der Waals surface area (Å²) in [6.45, 7) is -0.780. The predicted octanol–water partition coefficient (Wildman–Crippen LogP) is -1.07. The molecule has 3 atom stereocenters. The minimum Gasteiger partial charge on any atom is -0.394 e. The average molecular weight is 330 g/mol. The normalized spacial score (nSPS) is 26.5. The maximum Gasteiger partial charge on any atom is 0.308 e. The molecular formula is C11H12F2N6O4. The summed E-state index contributed by atoms with van der Waals surface area (Å²) in [4.78, 5) is 24.5. The van der Waals surface area contributed by atoms with E-state index in [0.29, 0.717) is 6.41 Å². The Labute approximate surface area is 126 Å². The highest BCUT2D eigenvalue weighted by Crippen LogP contribution is 2.45. The number of imidazole rings is 1. The quantitative estimate of drug-likeness (QED) is 0.443. The third-order valence-electron chi connectivity index (χ3n) is 3.42. The molecule has 0 saturated carbocycles. The zero-order valence-electron chi connectivity index (χ0n) is 11.4. The Morgan fingerprint density at radius 2 is 2.17 bits per heavy atom. The van der Waals surface area contributed by atoms with Crippen molar-refractivity contribution in [2.24, 2.45) is 0 Å². The monoisotopic (exact) mass is 330 g/mol. The van der Waals surface area contributed by atoms with E-state index in [2.05, 4.69) is 25.3 Å². The van der Waals surface area contributed by atoms with Crippen LogP contribution in [0.4, 0.5) is 20.5 Å². The zero-order chi connectivity index (χ0) is 16.8.